The third-order valence-electron chi connectivity index (χ3n) is 2.11. The molecule has 1 aliphatic rings. The van der Waals surface area contributed by atoms with Gasteiger partial charge in [-0.15, -0.1) is 0 Å². The molecule has 0 fully saturated rings. The van der Waals surface area contributed by atoms with E-state index in [1.807, 2.05) is 0 Å². The van der Waals surface area contributed by atoms with E-state index in [4.69, 9.17) is 11.6 Å². The van der Waals surface area contributed by atoms with Gasteiger partial charge >= 0.3 is 0 Å². The lowest BCUT2D eigenvalue weighted by molar-refractivity contribution is 0.181. The van der Waals surface area contributed by atoms with Gasteiger partial charge in [0, 0.05) is 23.3 Å². The maximum Gasteiger partial charge on any atom is 0.195 e. The fourth-order valence-electron chi connectivity index (χ4n) is 1.40. The molecule has 0 aromatic heterocycles. The van der Waals surface area contributed by atoms with Crippen LogP contribution in [0.5, 0.6) is 5.75 Å². The van der Waals surface area contributed by atoms with E-state index in [1.165, 1.54) is 6.07 Å². The van der Waals surface area contributed by atoms with Crippen molar-refractivity contribution in [2.75, 3.05) is 18.4 Å². The monoisotopic (exact) mass is 241 g/mol. The summed E-state index contributed by atoms with van der Waals surface area (Å²) in [5, 5.41) is 24.9. The summed E-state index contributed by atoms with van der Waals surface area (Å²) in [5.74, 6) is 0.651. The van der Waals surface area contributed by atoms with E-state index < -0.39 is 6.10 Å². The lowest BCUT2D eigenvalue weighted by Gasteiger charge is -2.20. The molecule has 1 aromatic carbocycles. The molecule has 0 saturated carbocycles. The molecule has 86 valence electrons. The van der Waals surface area contributed by atoms with Gasteiger partial charge in [-0.25, -0.2) is 0 Å². The van der Waals surface area contributed by atoms with Gasteiger partial charge < -0.3 is 20.8 Å². The highest BCUT2D eigenvalue weighted by atomic mass is 35.5. The van der Waals surface area contributed by atoms with Crippen LogP contribution in [0, 0.1) is 0 Å². The van der Waals surface area contributed by atoms with Crippen LogP contribution in [0.2, 0.25) is 5.02 Å². The van der Waals surface area contributed by atoms with Gasteiger partial charge in [-0.05, 0) is 12.1 Å². The second-order valence-corrected chi connectivity index (χ2v) is 3.98. The number of nitrogens with zero attached hydrogens (tertiary/aromatic N) is 1. The first-order valence-corrected chi connectivity index (χ1v) is 5.24. The van der Waals surface area contributed by atoms with Gasteiger partial charge in [0.05, 0.1) is 12.6 Å². The minimum Gasteiger partial charge on any atom is -0.508 e. The Bertz CT molecular complexity index is 402. The number of aliphatic imine (C=N–C) groups is 1. The van der Waals surface area contributed by atoms with Crippen molar-refractivity contribution in [1.29, 1.82) is 0 Å². The molecular formula is C10H12ClN3O2. The second-order valence-electron chi connectivity index (χ2n) is 3.55. The molecule has 2 rings (SSSR count). The maximum atomic E-state index is 9.34. The molecule has 0 amide bonds. The molecule has 0 spiro atoms. The molecule has 0 saturated heterocycles. The topological polar surface area (TPSA) is 76.9 Å². The van der Waals surface area contributed by atoms with Gasteiger partial charge in [-0.1, -0.05) is 11.6 Å². The first-order valence-electron chi connectivity index (χ1n) is 4.86. The molecule has 6 heteroatoms. The minimum atomic E-state index is -0.446. The Labute approximate surface area is 97.8 Å². The van der Waals surface area contributed by atoms with Gasteiger partial charge in [0.2, 0.25) is 0 Å². The van der Waals surface area contributed by atoms with E-state index in [1.54, 1.807) is 12.1 Å². The van der Waals surface area contributed by atoms with E-state index in [9.17, 15) is 10.2 Å². The van der Waals surface area contributed by atoms with Crippen molar-refractivity contribution >= 4 is 23.2 Å². The summed E-state index contributed by atoms with van der Waals surface area (Å²) in [7, 11) is 0. The van der Waals surface area contributed by atoms with Crippen LogP contribution in [0.15, 0.2) is 23.2 Å². The Morgan fingerprint density at radius 1 is 1.44 bits per heavy atom. The number of aromatic hydroxyl groups is 1. The van der Waals surface area contributed by atoms with Crippen molar-refractivity contribution in [3.05, 3.63) is 23.2 Å². The Hall–Kier alpha value is -1.46. The van der Waals surface area contributed by atoms with Crippen LogP contribution in [0.1, 0.15) is 0 Å². The summed E-state index contributed by atoms with van der Waals surface area (Å²) in [6.07, 6.45) is -0.446. The van der Waals surface area contributed by atoms with E-state index in [0.29, 0.717) is 29.8 Å². The standard InChI is InChI=1S/C10H12ClN3O2/c11-6-1-7(3-8(15)2-6)14-10-12-4-9(16)5-13-10/h1-3,9,15-16H,4-5H2,(H2,12,13,14). The van der Waals surface area contributed by atoms with Crippen LogP contribution in [-0.2, 0) is 0 Å². The number of aliphatic hydroxyl groups excluding tert-OH is 1. The maximum absolute atomic E-state index is 9.34. The van der Waals surface area contributed by atoms with E-state index in [2.05, 4.69) is 15.6 Å². The molecule has 1 unspecified atom stereocenters. The van der Waals surface area contributed by atoms with Crippen LogP contribution in [-0.4, -0.2) is 35.4 Å². The third kappa shape index (κ3) is 2.77. The number of nitrogens with one attached hydrogen (secondary N) is 2. The molecule has 0 radical (unpaired) electrons. The number of halogens is 1. The number of benzene rings is 1. The summed E-state index contributed by atoms with van der Waals surface area (Å²) in [4.78, 5) is 4.08. The zero-order chi connectivity index (χ0) is 11.5. The SMILES string of the molecule is Oc1cc(Cl)cc(NC2=NCC(O)CN2)c1. The molecule has 4 N–H and O–H groups in total. The third-order valence-corrected chi connectivity index (χ3v) is 2.33. The molecule has 0 bridgehead atoms. The second kappa shape index (κ2) is 4.59. The largest absolute Gasteiger partial charge is 0.508 e. The number of rotatable bonds is 1. The van der Waals surface area contributed by atoms with Crippen LogP contribution in [0.25, 0.3) is 0 Å². The number of guanidine groups is 1. The van der Waals surface area contributed by atoms with Gasteiger partial charge in [0.15, 0.2) is 5.96 Å². The number of phenols is 1. The highest BCUT2D eigenvalue weighted by molar-refractivity contribution is 6.31. The van der Waals surface area contributed by atoms with Gasteiger partial charge in [-0.3, -0.25) is 4.99 Å². The fraction of sp³-hybridized carbons (Fsp3) is 0.300. The van der Waals surface area contributed by atoms with Crippen LogP contribution in [0.3, 0.4) is 0 Å². The smallest absolute Gasteiger partial charge is 0.195 e. The van der Waals surface area contributed by atoms with Crippen molar-refractivity contribution < 1.29 is 10.2 Å². The average molecular weight is 242 g/mol. The number of anilines is 1. The van der Waals surface area contributed by atoms with Crippen molar-refractivity contribution in [2.24, 2.45) is 4.99 Å². The number of phenolic OH excluding ortho intramolecular Hbond substituents is 1. The molecule has 0 aliphatic carbocycles. The van der Waals surface area contributed by atoms with Gasteiger partial charge in [-0.2, -0.15) is 0 Å². The predicted octanol–water partition coefficient (Wildman–Crippen LogP) is 0.778. The van der Waals surface area contributed by atoms with Crippen molar-refractivity contribution in [3.8, 4) is 5.75 Å². The minimum absolute atomic E-state index is 0.0893. The van der Waals surface area contributed by atoms with Crippen molar-refractivity contribution in [3.63, 3.8) is 0 Å². The molecule has 1 aliphatic heterocycles. The van der Waals surface area contributed by atoms with E-state index in [0.717, 1.165) is 0 Å². The normalized spacial score (nSPS) is 19.9. The number of hydrogen-bond donors (Lipinski definition) is 4. The Balaban J connectivity index is 2.09. The first-order chi connectivity index (χ1) is 7.63. The quantitative estimate of drug-likeness (QED) is 0.586. The average Bonchev–Trinajstić information content (AvgIpc) is 2.20. The molecule has 16 heavy (non-hydrogen) atoms. The molecule has 1 atom stereocenters. The van der Waals surface area contributed by atoms with E-state index >= 15 is 0 Å². The Morgan fingerprint density at radius 3 is 2.88 bits per heavy atom. The molecular weight excluding hydrogens is 230 g/mol. The molecule has 5 nitrogen and oxygen atoms in total. The first kappa shape index (κ1) is 11.0. The zero-order valence-corrected chi connectivity index (χ0v) is 9.20. The van der Waals surface area contributed by atoms with Crippen molar-refractivity contribution in [1.82, 2.24) is 5.32 Å². The molecule has 1 heterocycles. The number of β-amino-alcohol motifs (C(OH)–C–C–N with tert-alkyl or cyclic N) is 1. The summed E-state index contributed by atoms with van der Waals surface area (Å²) < 4.78 is 0. The summed E-state index contributed by atoms with van der Waals surface area (Å²) in [6, 6.07) is 4.67. The zero-order valence-electron chi connectivity index (χ0n) is 8.44. The van der Waals surface area contributed by atoms with Crippen LogP contribution >= 0.6 is 11.6 Å². The highest BCUT2D eigenvalue weighted by Gasteiger charge is 2.11. The Morgan fingerprint density at radius 2 is 2.25 bits per heavy atom. The lowest BCUT2D eigenvalue weighted by Crippen LogP contribution is -2.42. The summed E-state index contributed by atoms with van der Waals surface area (Å²) >= 11 is 5.79. The predicted molar refractivity (Wildman–Crippen MR) is 63.1 cm³/mol. The highest BCUT2D eigenvalue weighted by Crippen LogP contribution is 2.23. The number of aliphatic hydroxyl groups is 1. The summed E-state index contributed by atoms with van der Waals surface area (Å²) in [5.41, 5.74) is 0.646. The van der Waals surface area contributed by atoms with Gasteiger partial charge in [0.1, 0.15) is 5.75 Å². The Kier molecular flexibility index (Phi) is 3.17. The lowest BCUT2D eigenvalue weighted by atomic mass is 10.3. The van der Waals surface area contributed by atoms with Crippen LogP contribution < -0.4 is 10.6 Å². The van der Waals surface area contributed by atoms with Crippen molar-refractivity contribution in [2.45, 2.75) is 6.10 Å². The summed E-state index contributed by atoms with van der Waals surface area (Å²) in [6.45, 7) is 0.820. The molecule has 1 aromatic rings. The van der Waals surface area contributed by atoms with E-state index in [-0.39, 0.29) is 5.75 Å². The van der Waals surface area contributed by atoms with Crippen LogP contribution in [0.4, 0.5) is 5.69 Å². The fourth-order valence-corrected chi connectivity index (χ4v) is 1.63. The number of hydrogen-bond acceptors (Lipinski definition) is 5. The van der Waals surface area contributed by atoms with Gasteiger partial charge in [0.25, 0.3) is 0 Å².